The van der Waals surface area contributed by atoms with E-state index in [1.807, 2.05) is 29.2 Å². The zero-order valence-corrected chi connectivity index (χ0v) is 14.9. The van der Waals surface area contributed by atoms with Gasteiger partial charge in [-0.3, -0.25) is 24.7 Å². The molecule has 0 atom stereocenters. The first-order valence-corrected chi connectivity index (χ1v) is 8.46. The number of carbonyl (C=O) groups is 3. The molecule has 8 nitrogen and oxygen atoms in total. The number of anilines is 1. The average molecular weight is 358 g/mol. The summed E-state index contributed by atoms with van der Waals surface area (Å²) >= 11 is 0. The number of carbonyl (C=O) groups excluding carboxylic acids is 3. The summed E-state index contributed by atoms with van der Waals surface area (Å²) < 4.78 is 5.40. The van der Waals surface area contributed by atoms with Gasteiger partial charge < -0.3 is 9.64 Å². The molecule has 1 aromatic rings. The molecule has 0 bridgehead atoms. The fourth-order valence-corrected chi connectivity index (χ4v) is 3.09. The first-order chi connectivity index (χ1) is 12.5. The van der Waals surface area contributed by atoms with E-state index in [0.717, 1.165) is 29.5 Å². The van der Waals surface area contributed by atoms with Crippen LogP contribution in [0.15, 0.2) is 35.9 Å². The van der Waals surface area contributed by atoms with Crippen molar-refractivity contribution in [2.24, 2.45) is 0 Å². The number of amides is 3. The Morgan fingerprint density at radius 2 is 1.85 bits per heavy atom. The molecular weight excluding hydrogens is 336 g/mol. The lowest BCUT2D eigenvalue weighted by molar-refractivity contribution is -0.147. The van der Waals surface area contributed by atoms with Crippen molar-refractivity contribution in [3.63, 3.8) is 0 Å². The number of benzene rings is 1. The number of imide groups is 1. The minimum Gasteiger partial charge on any atom is -0.495 e. The molecule has 0 radical (unpaired) electrons. The van der Waals surface area contributed by atoms with Gasteiger partial charge in [-0.05, 0) is 19.1 Å². The number of hydrogen-bond acceptors (Lipinski definition) is 6. The van der Waals surface area contributed by atoms with E-state index < -0.39 is 11.8 Å². The Kier molecular flexibility index (Phi) is 5.22. The van der Waals surface area contributed by atoms with E-state index in [9.17, 15) is 14.4 Å². The van der Waals surface area contributed by atoms with Gasteiger partial charge in [0.15, 0.2) is 0 Å². The lowest BCUT2D eigenvalue weighted by Gasteiger charge is -2.36. The van der Waals surface area contributed by atoms with Gasteiger partial charge in [0.1, 0.15) is 5.75 Å². The zero-order chi connectivity index (χ0) is 18.7. The van der Waals surface area contributed by atoms with Gasteiger partial charge in [-0.15, -0.1) is 0 Å². The summed E-state index contributed by atoms with van der Waals surface area (Å²) in [5.41, 5.74) is 3.74. The molecule has 0 saturated carbocycles. The maximum atomic E-state index is 12.2. The molecule has 2 heterocycles. The second-order valence-electron chi connectivity index (χ2n) is 6.28. The fraction of sp³-hybridized carbons (Fsp3) is 0.389. The van der Waals surface area contributed by atoms with Crippen LogP contribution in [0.3, 0.4) is 0 Å². The van der Waals surface area contributed by atoms with Crippen LogP contribution >= 0.6 is 0 Å². The van der Waals surface area contributed by atoms with Crippen LogP contribution in [0.1, 0.15) is 6.92 Å². The van der Waals surface area contributed by atoms with Crippen LogP contribution in [0.5, 0.6) is 5.75 Å². The highest BCUT2D eigenvalue weighted by atomic mass is 16.5. The van der Waals surface area contributed by atoms with Gasteiger partial charge in [0.25, 0.3) is 17.7 Å². The topological polar surface area (TPSA) is 82.2 Å². The maximum absolute atomic E-state index is 12.2. The molecule has 0 aliphatic carbocycles. The summed E-state index contributed by atoms with van der Waals surface area (Å²) in [4.78, 5) is 39.8. The Labute approximate surface area is 152 Å². The van der Waals surface area contributed by atoms with Crippen molar-refractivity contribution in [1.82, 2.24) is 15.3 Å². The molecule has 1 saturated heterocycles. The molecule has 26 heavy (non-hydrogen) atoms. The van der Waals surface area contributed by atoms with Crippen molar-refractivity contribution >= 4 is 23.4 Å². The Morgan fingerprint density at radius 3 is 2.46 bits per heavy atom. The third-order valence-electron chi connectivity index (χ3n) is 4.50. The van der Waals surface area contributed by atoms with E-state index in [1.165, 1.54) is 6.08 Å². The molecule has 3 rings (SSSR count). The van der Waals surface area contributed by atoms with Gasteiger partial charge >= 0.3 is 0 Å². The number of nitrogens with zero attached hydrogens (tertiary/aromatic N) is 3. The predicted octanol–water partition coefficient (Wildman–Crippen LogP) is 0.163. The smallest absolute Gasteiger partial charge is 0.275 e. The van der Waals surface area contributed by atoms with E-state index in [1.54, 1.807) is 14.0 Å². The molecule has 1 fully saturated rings. The number of ether oxygens (including phenoxy) is 1. The number of methoxy groups -OCH3 is 1. The molecule has 1 aromatic carbocycles. The lowest BCUT2D eigenvalue weighted by atomic mass is 10.2. The summed E-state index contributed by atoms with van der Waals surface area (Å²) in [6.07, 6.45) is 1.22. The Morgan fingerprint density at radius 1 is 1.15 bits per heavy atom. The summed E-state index contributed by atoms with van der Waals surface area (Å²) in [6, 6.07) is 7.84. The maximum Gasteiger partial charge on any atom is 0.275 e. The quantitative estimate of drug-likeness (QED) is 0.756. The molecule has 1 N–H and O–H groups in total. The van der Waals surface area contributed by atoms with Crippen LogP contribution < -0.4 is 15.1 Å². The van der Waals surface area contributed by atoms with Crippen LogP contribution in [0.2, 0.25) is 0 Å². The SMILES string of the molecule is COc1ccccc1N1CCN(CC(=O)NN2C(=O)C=C(C)C2=O)CC1. The average Bonchev–Trinajstić information content (AvgIpc) is 2.88. The van der Waals surface area contributed by atoms with Crippen LogP contribution in [0.25, 0.3) is 0 Å². The number of para-hydroxylation sites is 2. The molecule has 0 spiro atoms. The van der Waals surface area contributed by atoms with Crippen LogP contribution in [-0.4, -0.2) is 67.5 Å². The minimum atomic E-state index is -0.512. The summed E-state index contributed by atoms with van der Waals surface area (Å²) in [5, 5.41) is 0.767. The summed E-state index contributed by atoms with van der Waals surface area (Å²) in [5.74, 6) is -0.542. The van der Waals surface area contributed by atoms with Gasteiger partial charge in [-0.25, -0.2) is 0 Å². The monoisotopic (exact) mass is 358 g/mol. The van der Waals surface area contributed by atoms with E-state index in [0.29, 0.717) is 18.7 Å². The summed E-state index contributed by atoms with van der Waals surface area (Å²) in [7, 11) is 1.65. The number of piperazine rings is 1. The van der Waals surface area contributed by atoms with E-state index in [-0.39, 0.29) is 12.5 Å². The second kappa shape index (κ2) is 7.57. The molecule has 8 heteroatoms. The normalized spacial score (nSPS) is 18.2. The van der Waals surface area contributed by atoms with Crippen LogP contribution in [-0.2, 0) is 14.4 Å². The van der Waals surface area contributed by atoms with Gasteiger partial charge in [-0.2, -0.15) is 5.01 Å². The van der Waals surface area contributed by atoms with Crippen molar-refractivity contribution in [2.45, 2.75) is 6.92 Å². The second-order valence-corrected chi connectivity index (χ2v) is 6.28. The number of nitrogens with one attached hydrogen (secondary N) is 1. The van der Waals surface area contributed by atoms with Crippen molar-refractivity contribution in [3.05, 3.63) is 35.9 Å². The number of hydrazine groups is 1. The predicted molar refractivity (Wildman–Crippen MR) is 95.4 cm³/mol. The standard InChI is InChI=1S/C18H22N4O4/c1-13-11-17(24)22(18(13)25)19-16(23)12-20-7-9-21(10-8-20)14-5-3-4-6-15(14)26-2/h3-6,11H,7-10,12H2,1-2H3,(H,19,23). The van der Waals surface area contributed by atoms with Gasteiger partial charge in [-0.1, -0.05) is 12.1 Å². The molecule has 2 aliphatic rings. The minimum absolute atomic E-state index is 0.135. The zero-order valence-electron chi connectivity index (χ0n) is 14.9. The molecule has 2 aliphatic heterocycles. The molecular formula is C18H22N4O4. The first-order valence-electron chi connectivity index (χ1n) is 8.46. The van der Waals surface area contributed by atoms with Crippen molar-refractivity contribution in [1.29, 1.82) is 0 Å². The third-order valence-corrected chi connectivity index (χ3v) is 4.50. The van der Waals surface area contributed by atoms with E-state index >= 15 is 0 Å². The van der Waals surface area contributed by atoms with Crippen molar-refractivity contribution < 1.29 is 19.1 Å². The first kappa shape index (κ1) is 17.9. The van der Waals surface area contributed by atoms with Gasteiger partial charge in [0.2, 0.25) is 0 Å². The van der Waals surface area contributed by atoms with E-state index in [2.05, 4.69) is 10.3 Å². The molecule has 0 unspecified atom stereocenters. The highest BCUT2D eigenvalue weighted by molar-refractivity contribution is 6.16. The Balaban J connectivity index is 1.50. The molecule has 0 aromatic heterocycles. The van der Waals surface area contributed by atoms with Crippen molar-refractivity contribution in [2.75, 3.05) is 44.7 Å². The fourth-order valence-electron chi connectivity index (χ4n) is 3.09. The number of rotatable bonds is 5. The molecule has 3 amide bonds. The lowest BCUT2D eigenvalue weighted by Crippen LogP contribution is -2.53. The largest absolute Gasteiger partial charge is 0.495 e. The van der Waals surface area contributed by atoms with Gasteiger partial charge in [0.05, 0.1) is 19.3 Å². The molecule has 138 valence electrons. The Bertz CT molecular complexity index is 753. The van der Waals surface area contributed by atoms with Gasteiger partial charge in [0, 0.05) is 37.8 Å². The third kappa shape index (κ3) is 3.70. The highest BCUT2D eigenvalue weighted by Crippen LogP contribution is 2.28. The van der Waals surface area contributed by atoms with Crippen LogP contribution in [0, 0.1) is 0 Å². The van der Waals surface area contributed by atoms with Crippen molar-refractivity contribution in [3.8, 4) is 5.75 Å². The number of hydrogen-bond donors (Lipinski definition) is 1. The Hall–Kier alpha value is -2.87. The van der Waals surface area contributed by atoms with E-state index in [4.69, 9.17) is 4.74 Å². The highest BCUT2D eigenvalue weighted by Gasteiger charge is 2.30. The summed E-state index contributed by atoms with van der Waals surface area (Å²) in [6.45, 7) is 4.60. The van der Waals surface area contributed by atoms with Crippen LogP contribution in [0.4, 0.5) is 5.69 Å².